The van der Waals surface area contributed by atoms with Crippen molar-refractivity contribution in [3.8, 4) is 0 Å². The maximum atomic E-state index is 5.14. The molecule has 64 valence electrons. The molecule has 1 rings (SSSR count). The Kier molecular flexibility index (Phi) is 3.36. The predicted octanol–water partition coefficient (Wildman–Crippen LogP) is 1.15. The van der Waals surface area contributed by atoms with Gasteiger partial charge in [0.2, 0.25) is 0 Å². The van der Waals surface area contributed by atoms with Gasteiger partial charge in [0.15, 0.2) is 0 Å². The fourth-order valence-electron chi connectivity index (χ4n) is 0.987. The Balaban J connectivity index is 2.26. The summed E-state index contributed by atoms with van der Waals surface area (Å²) in [6, 6.07) is 0. The lowest BCUT2D eigenvalue weighted by molar-refractivity contribution is 0.0846. The summed E-state index contributed by atoms with van der Waals surface area (Å²) in [6.45, 7) is 6.07. The van der Waals surface area contributed by atoms with Crippen molar-refractivity contribution in [3.63, 3.8) is 0 Å². The monoisotopic (exact) mass is 156 g/mol. The zero-order valence-electron chi connectivity index (χ0n) is 7.26. The molecule has 1 aliphatic rings. The van der Waals surface area contributed by atoms with E-state index in [0.717, 1.165) is 25.9 Å². The van der Waals surface area contributed by atoms with Crippen LogP contribution in [0.4, 0.5) is 0 Å². The number of rotatable bonds is 2. The number of nitrogens with one attached hydrogen (secondary N) is 1. The first-order valence-electron chi connectivity index (χ1n) is 4.21. The molecule has 0 unspecified atom stereocenters. The Bertz CT molecular complexity index is 135. The summed E-state index contributed by atoms with van der Waals surface area (Å²) >= 11 is 0. The third-order valence-electron chi connectivity index (χ3n) is 1.57. The minimum absolute atomic E-state index is 0.206. The molecule has 1 N–H and O–H groups in total. The smallest absolute Gasteiger partial charge is 0.122 e. The van der Waals surface area contributed by atoms with Gasteiger partial charge in [-0.1, -0.05) is 5.16 Å². The molecule has 0 atom stereocenters. The van der Waals surface area contributed by atoms with E-state index in [1.807, 2.05) is 13.8 Å². The van der Waals surface area contributed by atoms with Crippen molar-refractivity contribution in [3.05, 3.63) is 0 Å². The highest BCUT2D eigenvalue weighted by molar-refractivity contribution is 5.84. The van der Waals surface area contributed by atoms with Crippen LogP contribution in [-0.2, 0) is 4.84 Å². The molecule has 3 heteroatoms. The number of oxime groups is 1. The van der Waals surface area contributed by atoms with Gasteiger partial charge < -0.3 is 10.2 Å². The molecule has 0 radical (unpaired) electrons. The summed E-state index contributed by atoms with van der Waals surface area (Å²) in [5.74, 6) is 0. The molecule has 1 heterocycles. The molecule has 1 aliphatic heterocycles. The molecule has 0 aliphatic carbocycles. The Hall–Kier alpha value is -0.570. The third-order valence-corrected chi connectivity index (χ3v) is 1.57. The molecule has 0 bridgehead atoms. The Labute approximate surface area is 67.8 Å². The molecular formula is C8H16N2O. The molecule has 0 saturated carbocycles. The molecule has 0 aromatic heterocycles. The molecular weight excluding hydrogens is 140 g/mol. The largest absolute Gasteiger partial charge is 0.393 e. The Morgan fingerprint density at radius 3 is 2.55 bits per heavy atom. The van der Waals surface area contributed by atoms with Gasteiger partial charge in [-0.2, -0.15) is 0 Å². The summed E-state index contributed by atoms with van der Waals surface area (Å²) < 4.78 is 0. The molecule has 11 heavy (non-hydrogen) atoms. The zero-order chi connectivity index (χ0) is 8.10. The average Bonchev–Trinajstić information content (AvgIpc) is 2.03. The average molecular weight is 156 g/mol. The van der Waals surface area contributed by atoms with Crippen LogP contribution in [0.25, 0.3) is 0 Å². The second kappa shape index (κ2) is 4.34. The van der Waals surface area contributed by atoms with Gasteiger partial charge in [0.05, 0.1) is 5.71 Å². The second-order valence-electron chi connectivity index (χ2n) is 3.06. The summed E-state index contributed by atoms with van der Waals surface area (Å²) in [4.78, 5) is 5.14. The SMILES string of the molecule is CC(C)ON=C1CCNCC1. The number of hydrogen-bond acceptors (Lipinski definition) is 3. The van der Waals surface area contributed by atoms with Crippen LogP contribution in [0.5, 0.6) is 0 Å². The van der Waals surface area contributed by atoms with E-state index in [2.05, 4.69) is 10.5 Å². The first-order chi connectivity index (χ1) is 5.29. The fraction of sp³-hybridized carbons (Fsp3) is 0.875. The van der Waals surface area contributed by atoms with Gasteiger partial charge in [0, 0.05) is 25.9 Å². The van der Waals surface area contributed by atoms with E-state index >= 15 is 0 Å². The number of piperidine rings is 1. The molecule has 0 amide bonds. The molecule has 1 saturated heterocycles. The van der Waals surface area contributed by atoms with Crippen LogP contribution in [0.1, 0.15) is 26.7 Å². The van der Waals surface area contributed by atoms with Crippen LogP contribution in [0, 0.1) is 0 Å². The zero-order valence-corrected chi connectivity index (χ0v) is 7.26. The number of nitrogens with zero attached hydrogens (tertiary/aromatic N) is 1. The number of hydrogen-bond donors (Lipinski definition) is 1. The maximum absolute atomic E-state index is 5.14. The maximum Gasteiger partial charge on any atom is 0.122 e. The minimum atomic E-state index is 0.206. The van der Waals surface area contributed by atoms with Crippen molar-refractivity contribution >= 4 is 5.71 Å². The lowest BCUT2D eigenvalue weighted by Gasteiger charge is -2.13. The molecule has 0 aromatic rings. The van der Waals surface area contributed by atoms with Gasteiger partial charge in [-0.15, -0.1) is 0 Å². The Morgan fingerprint density at radius 2 is 2.00 bits per heavy atom. The standard InChI is InChI=1S/C8H16N2O/c1-7(2)11-10-8-3-5-9-6-4-8/h7,9H,3-6H2,1-2H3. The van der Waals surface area contributed by atoms with Gasteiger partial charge in [-0.25, -0.2) is 0 Å². The molecule has 0 aromatic carbocycles. The minimum Gasteiger partial charge on any atom is -0.393 e. The highest BCUT2D eigenvalue weighted by Gasteiger charge is 2.06. The summed E-state index contributed by atoms with van der Waals surface area (Å²) in [6.07, 6.45) is 2.27. The predicted molar refractivity (Wildman–Crippen MR) is 45.8 cm³/mol. The fourth-order valence-corrected chi connectivity index (χ4v) is 0.987. The summed E-state index contributed by atoms with van der Waals surface area (Å²) in [7, 11) is 0. The normalized spacial score (nSPS) is 18.6. The van der Waals surface area contributed by atoms with Crippen molar-refractivity contribution in [2.24, 2.45) is 5.16 Å². The highest BCUT2D eigenvalue weighted by Crippen LogP contribution is 1.99. The van der Waals surface area contributed by atoms with Gasteiger partial charge in [-0.3, -0.25) is 0 Å². The van der Waals surface area contributed by atoms with E-state index < -0.39 is 0 Å². The summed E-state index contributed by atoms with van der Waals surface area (Å²) in [5.41, 5.74) is 1.19. The van der Waals surface area contributed by atoms with Gasteiger partial charge in [0.25, 0.3) is 0 Å². The van der Waals surface area contributed by atoms with Crippen molar-refractivity contribution < 1.29 is 4.84 Å². The van der Waals surface area contributed by atoms with Gasteiger partial charge in [-0.05, 0) is 13.8 Å². The van der Waals surface area contributed by atoms with E-state index in [0.29, 0.717) is 0 Å². The first kappa shape index (κ1) is 8.53. The van der Waals surface area contributed by atoms with Crippen molar-refractivity contribution in [2.45, 2.75) is 32.8 Å². The first-order valence-corrected chi connectivity index (χ1v) is 4.21. The lowest BCUT2D eigenvalue weighted by Crippen LogP contribution is -2.28. The van der Waals surface area contributed by atoms with E-state index in [4.69, 9.17) is 4.84 Å². The molecule has 1 fully saturated rings. The Morgan fingerprint density at radius 1 is 1.36 bits per heavy atom. The van der Waals surface area contributed by atoms with Crippen LogP contribution < -0.4 is 5.32 Å². The van der Waals surface area contributed by atoms with Crippen LogP contribution in [0.15, 0.2) is 5.16 Å². The van der Waals surface area contributed by atoms with Gasteiger partial charge in [0.1, 0.15) is 6.10 Å². The van der Waals surface area contributed by atoms with Crippen molar-refractivity contribution in [2.75, 3.05) is 13.1 Å². The summed E-state index contributed by atoms with van der Waals surface area (Å²) in [5, 5.41) is 7.33. The topological polar surface area (TPSA) is 33.6 Å². The van der Waals surface area contributed by atoms with E-state index in [9.17, 15) is 0 Å². The van der Waals surface area contributed by atoms with E-state index in [1.54, 1.807) is 0 Å². The van der Waals surface area contributed by atoms with E-state index in [1.165, 1.54) is 5.71 Å². The van der Waals surface area contributed by atoms with Crippen LogP contribution >= 0.6 is 0 Å². The quantitative estimate of drug-likeness (QED) is 0.608. The van der Waals surface area contributed by atoms with Gasteiger partial charge >= 0.3 is 0 Å². The third kappa shape index (κ3) is 3.37. The van der Waals surface area contributed by atoms with Crippen LogP contribution in [-0.4, -0.2) is 24.9 Å². The molecule has 0 spiro atoms. The van der Waals surface area contributed by atoms with Crippen molar-refractivity contribution in [1.82, 2.24) is 5.32 Å². The van der Waals surface area contributed by atoms with Crippen LogP contribution in [0.2, 0.25) is 0 Å². The second-order valence-corrected chi connectivity index (χ2v) is 3.06. The van der Waals surface area contributed by atoms with Crippen molar-refractivity contribution in [1.29, 1.82) is 0 Å². The highest BCUT2D eigenvalue weighted by atomic mass is 16.6. The molecule has 3 nitrogen and oxygen atoms in total. The van der Waals surface area contributed by atoms with E-state index in [-0.39, 0.29) is 6.10 Å². The van der Waals surface area contributed by atoms with Crippen LogP contribution in [0.3, 0.4) is 0 Å². The lowest BCUT2D eigenvalue weighted by atomic mass is 10.1.